The number of hydrogen-bond acceptors (Lipinski definition) is 3. The average Bonchev–Trinajstić information content (AvgIpc) is 3.09. The molecule has 0 aromatic heterocycles. The summed E-state index contributed by atoms with van der Waals surface area (Å²) in [5.41, 5.74) is 4.78. The Kier molecular flexibility index (Phi) is 6.82. The molecule has 0 saturated heterocycles. The normalized spacial score (nSPS) is 22.5. The van der Waals surface area contributed by atoms with Crippen LogP contribution in [0.5, 0.6) is 0 Å². The smallest absolute Gasteiger partial charge is 0.0818 e. The third-order valence-electron chi connectivity index (χ3n) is 6.03. The van der Waals surface area contributed by atoms with E-state index >= 15 is 0 Å². The zero-order valence-corrected chi connectivity index (χ0v) is 19.2. The molecule has 2 aromatic carbocycles. The molecule has 2 aromatic rings. The predicted molar refractivity (Wildman–Crippen MR) is 128 cm³/mol. The van der Waals surface area contributed by atoms with Gasteiger partial charge in [-0.15, -0.1) is 0 Å². The summed E-state index contributed by atoms with van der Waals surface area (Å²) in [6, 6.07) is 16.5. The molecule has 1 fully saturated rings. The number of allylic oxidation sites excluding steroid dienone is 1. The van der Waals surface area contributed by atoms with Crippen molar-refractivity contribution in [2.24, 2.45) is 11.0 Å². The molecule has 2 aliphatic rings. The summed E-state index contributed by atoms with van der Waals surface area (Å²) in [5, 5.41) is 9.08. The second-order valence-electron chi connectivity index (χ2n) is 8.46. The molecule has 0 N–H and O–H groups in total. The summed E-state index contributed by atoms with van der Waals surface area (Å²) in [6.45, 7) is 1.97. The summed E-state index contributed by atoms with van der Waals surface area (Å²) in [7, 11) is 4.23. The van der Waals surface area contributed by atoms with Crippen LogP contribution < -0.4 is 0 Å². The lowest BCUT2D eigenvalue weighted by Gasteiger charge is -2.31. The monoisotopic (exact) mass is 441 g/mol. The van der Waals surface area contributed by atoms with Crippen LogP contribution in [0.25, 0.3) is 6.08 Å². The average molecular weight is 442 g/mol. The number of hydrogen-bond donors (Lipinski definition) is 0. The molecule has 0 spiro atoms. The first-order valence-electron chi connectivity index (χ1n) is 10.7. The highest BCUT2D eigenvalue weighted by molar-refractivity contribution is 6.32. The summed E-state index contributed by atoms with van der Waals surface area (Å²) in [6.07, 6.45) is 6.65. The highest BCUT2D eigenvalue weighted by Gasteiger charge is 2.41. The maximum absolute atomic E-state index is 6.65. The Bertz CT molecular complexity index is 951. The molecule has 158 valence electrons. The van der Waals surface area contributed by atoms with Crippen molar-refractivity contribution in [3.05, 3.63) is 75.3 Å². The Morgan fingerprint density at radius 1 is 1.07 bits per heavy atom. The fourth-order valence-electron chi connectivity index (χ4n) is 4.63. The summed E-state index contributed by atoms with van der Waals surface area (Å²) in [5.74, 6) is 0.367. The topological polar surface area (TPSA) is 18.8 Å². The molecule has 2 unspecified atom stereocenters. The summed E-state index contributed by atoms with van der Waals surface area (Å²) < 4.78 is 0. The van der Waals surface area contributed by atoms with E-state index in [-0.39, 0.29) is 6.04 Å². The lowest BCUT2D eigenvalue weighted by atomic mass is 9.77. The van der Waals surface area contributed by atoms with Gasteiger partial charge in [-0.05, 0) is 81.2 Å². The van der Waals surface area contributed by atoms with Crippen LogP contribution >= 0.6 is 23.2 Å². The van der Waals surface area contributed by atoms with Crippen LogP contribution in [0, 0.1) is 5.92 Å². The van der Waals surface area contributed by atoms with Gasteiger partial charge in [0.25, 0.3) is 0 Å². The van der Waals surface area contributed by atoms with Crippen molar-refractivity contribution in [2.45, 2.75) is 31.7 Å². The molecule has 0 radical (unpaired) electrons. The minimum Gasteiger partial charge on any atom is -0.309 e. The van der Waals surface area contributed by atoms with Gasteiger partial charge >= 0.3 is 0 Å². The van der Waals surface area contributed by atoms with Crippen molar-refractivity contribution in [1.82, 2.24) is 9.91 Å². The predicted octanol–water partition coefficient (Wildman–Crippen LogP) is 6.54. The Balaban J connectivity index is 1.69. The van der Waals surface area contributed by atoms with Gasteiger partial charge in [0.2, 0.25) is 0 Å². The van der Waals surface area contributed by atoms with E-state index in [1.807, 2.05) is 30.3 Å². The minimum absolute atomic E-state index is 0.200. The first-order chi connectivity index (χ1) is 14.5. The van der Waals surface area contributed by atoms with E-state index in [1.165, 1.54) is 16.8 Å². The molecule has 0 bridgehead atoms. The van der Waals surface area contributed by atoms with Crippen molar-refractivity contribution in [2.75, 3.05) is 27.2 Å². The zero-order valence-electron chi connectivity index (χ0n) is 17.7. The maximum Gasteiger partial charge on any atom is 0.0818 e. The quantitative estimate of drug-likeness (QED) is 0.506. The van der Waals surface area contributed by atoms with Gasteiger partial charge in [0.1, 0.15) is 0 Å². The standard InChI is InChI=1S/C25H29Cl2N3/c1-29(2)15-8-16-30-25(20-11-4-6-14-23(20)27)21-12-7-10-19(24(21)28-30)17-18-9-3-5-13-22(18)26/h3-6,9,11,13-14,17,21,25H,7-8,10,12,15-16H2,1-2H3/b19-17-. The number of benzene rings is 2. The first-order valence-corrected chi connectivity index (χ1v) is 11.5. The van der Waals surface area contributed by atoms with E-state index in [2.05, 4.69) is 48.3 Å². The van der Waals surface area contributed by atoms with E-state index in [0.717, 1.165) is 54.4 Å². The molecule has 0 amide bonds. The largest absolute Gasteiger partial charge is 0.309 e. The molecular weight excluding hydrogens is 413 g/mol. The van der Waals surface area contributed by atoms with Crippen LogP contribution in [0.3, 0.4) is 0 Å². The van der Waals surface area contributed by atoms with Gasteiger partial charge in [-0.2, -0.15) is 5.10 Å². The SMILES string of the molecule is CN(C)CCCN1N=C2/C(=C\c3ccccc3Cl)CCCC2C1c1ccccc1Cl. The van der Waals surface area contributed by atoms with Crippen LogP contribution in [0.15, 0.2) is 59.2 Å². The minimum atomic E-state index is 0.200. The third kappa shape index (κ3) is 4.59. The van der Waals surface area contributed by atoms with Crippen LogP contribution in [-0.2, 0) is 0 Å². The van der Waals surface area contributed by atoms with E-state index in [9.17, 15) is 0 Å². The molecule has 1 aliphatic carbocycles. The number of fused-ring (bicyclic) bond motifs is 1. The molecule has 5 heteroatoms. The number of rotatable bonds is 6. The van der Waals surface area contributed by atoms with E-state index < -0.39 is 0 Å². The lowest BCUT2D eigenvalue weighted by molar-refractivity contribution is 0.188. The van der Waals surface area contributed by atoms with E-state index in [1.54, 1.807) is 0 Å². The molecule has 1 heterocycles. The van der Waals surface area contributed by atoms with Gasteiger partial charge in [0.05, 0.1) is 11.8 Å². The Morgan fingerprint density at radius 3 is 2.53 bits per heavy atom. The fraction of sp³-hybridized carbons (Fsp3) is 0.400. The van der Waals surface area contributed by atoms with Crippen LogP contribution in [0.1, 0.15) is 42.9 Å². The number of hydrazone groups is 1. The highest BCUT2D eigenvalue weighted by atomic mass is 35.5. The van der Waals surface area contributed by atoms with Crippen molar-refractivity contribution in [1.29, 1.82) is 0 Å². The molecule has 2 atom stereocenters. The number of halogens is 2. The zero-order chi connectivity index (χ0) is 21.1. The molecule has 1 saturated carbocycles. The third-order valence-corrected chi connectivity index (χ3v) is 6.72. The van der Waals surface area contributed by atoms with E-state index in [4.69, 9.17) is 28.3 Å². The number of nitrogens with zero attached hydrogens (tertiary/aromatic N) is 3. The van der Waals surface area contributed by atoms with Crippen molar-refractivity contribution >= 4 is 35.0 Å². The van der Waals surface area contributed by atoms with Gasteiger partial charge in [0, 0.05) is 22.5 Å². The highest BCUT2D eigenvalue weighted by Crippen LogP contribution is 2.46. The second kappa shape index (κ2) is 9.55. The van der Waals surface area contributed by atoms with Gasteiger partial charge in [-0.1, -0.05) is 59.6 Å². The second-order valence-corrected chi connectivity index (χ2v) is 9.28. The Labute approximate surface area is 190 Å². The fourth-order valence-corrected chi connectivity index (χ4v) is 5.06. The Morgan fingerprint density at radius 2 is 1.80 bits per heavy atom. The van der Waals surface area contributed by atoms with E-state index in [0.29, 0.717) is 5.92 Å². The molecular formula is C25H29Cl2N3. The molecule has 30 heavy (non-hydrogen) atoms. The van der Waals surface area contributed by atoms with Crippen molar-refractivity contribution < 1.29 is 0 Å². The molecule has 3 nitrogen and oxygen atoms in total. The van der Waals surface area contributed by atoms with Gasteiger partial charge < -0.3 is 4.90 Å². The Hall–Kier alpha value is -1.81. The molecule has 1 aliphatic heterocycles. The van der Waals surface area contributed by atoms with Gasteiger partial charge in [-0.3, -0.25) is 5.01 Å². The maximum atomic E-state index is 6.65. The van der Waals surface area contributed by atoms with Crippen molar-refractivity contribution in [3.8, 4) is 0 Å². The van der Waals surface area contributed by atoms with Crippen LogP contribution in [0.4, 0.5) is 0 Å². The summed E-state index contributed by atoms with van der Waals surface area (Å²) >= 11 is 13.1. The van der Waals surface area contributed by atoms with Crippen LogP contribution in [0.2, 0.25) is 10.0 Å². The van der Waals surface area contributed by atoms with Gasteiger partial charge in [-0.25, -0.2) is 0 Å². The van der Waals surface area contributed by atoms with Gasteiger partial charge in [0.15, 0.2) is 0 Å². The lowest BCUT2D eigenvalue weighted by Crippen LogP contribution is -2.30. The molecule has 4 rings (SSSR count). The summed E-state index contributed by atoms with van der Waals surface area (Å²) in [4.78, 5) is 2.23. The van der Waals surface area contributed by atoms with Crippen molar-refractivity contribution in [3.63, 3.8) is 0 Å². The van der Waals surface area contributed by atoms with Crippen LogP contribution in [-0.4, -0.2) is 42.8 Å². The first kappa shape index (κ1) is 21.4.